The lowest BCUT2D eigenvalue weighted by molar-refractivity contribution is -0.129. The van der Waals surface area contributed by atoms with Gasteiger partial charge in [0.2, 0.25) is 5.90 Å². The van der Waals surface area contributed by atoms with E-state index in [1.54, 1.807) is 81.0 Å². The number of amides is 1. The molecule has 0 spiro atoms. The first kappa shape index (κ1) is 30.0. The molecule has 3 aromatic rings. The maximum Gasteiger partial charge on any atom is 0.252 e. The minimum atomic E-state index is -1.45. The van der Waals surface area contributed by atoms with E-state index in [2.05, 4.69) is 21.9 Å². The fraction of sp³-hybridized carbons (Fsp3) is 0.290. The lowest BCUT2D eigenvalue weighted by Gasteiger charge is -2.30. The molecule has 0 bridgehead atoms. The predicted molar refractivity (Wildman–Crippen MR) is 158 cm³/mol. The van der Waals surface area contributed by atoms with Gasteiger partial charge in [0.15, 0.2) is 23.1 Å². The van der Waals surface area contributed by atoms with Crippen LogP contribution in [-0.2, 0) is 16.1 Å². The van der Waals surface area contributed by atoms with Gasteiger partial charge in [0.05, 0.1) is 20.8 Å². The summed E-state index contributed by atoms with van der Waals surface area (Å²) < 4.78 is 22.8. The minimum Gasteiger partial charge on any atom is -0.494 e. The van der Waals surface area contributed by atoms with Crippen LogP contribution in [0.2, 0.25) is 0 Å². The molecule has 0 fully saturated rings. The fourth-order valence-electron chi connectivity index (χ4n) is 4.69. The highest BCUT2D eigenvalue weighted by molar-refractivity contribution is 6.01. The van der Waals surface area contributed by atoms with Crippen molar-refractivity contribution in [3.63, 3.8) is 0 Å². The van der Waals surface area contributed by atoms with Gasteiger partial charge in [-0.05, 0) is 47.5 Å². The van der Waals surface area contributed by atoms with Gasteiger partial charge >= 0.3 is 0 Å². The molecule has 218 valence electrons. The predicted octanol–water partition coefficient (Wildman–Crippen LogP) is 5.56. The fourth-order valence-corrected chi connectivity index (χ4v) is 4.69. The monoisotopic (exact) mass is 571 g/mol. The van der Waals surface area contributed by atoms with Crippen molar-refractivity contribution in [2.45, 2.75) is 31.0 Å². The van der Waals surface area contributed by atoms with Gasteiger partial charge in [-0.3, -0.25) is 4.79 Å². The number of nitrogens with one attached hydrogen (secondary N) is 1. The summed E-state index contributed by atoms with van der Waals surface area (Å²) in [5.74, 6) is 1.60. The van der Waals surface area contributed by atoms with Crippen molar-refractivity contribution in [1.82, 2.24) is 5.32 Å². The number of hydrogen-bond acceptors (Lipinski definition) is 8. The molecule has 0 radical (unpaired) electrons. The highest BCUT2D eigenvalue weighted by Gasteiger charge is 2.53. The van der Waals surface area contributed by atoms with Crippen LogP contribution in [0.4, 0.5) is 5.69 Å². The highest BCUT2D eigenvalue weighted by Crippen LogP contribution is 2.45. The summed E-state index contributed by atoms with van der Waals surface area (Å²) in [4.78, 5) is 21.9. The largest absolute Gasteiger partial charge is 0.494 e. The van der Waals surface area contributed by atoms with E-state index in [4.69, 9.17) is 29.0 Å². The molecule has 0 saturated carbocycles. The molecule has 0 aromatic heterocycles. The number of azide groups is 1. The van der Waals surface area contributed by atoms with Crippen LogP contribution < -0.4 is 19.5 Å². The molecule has 1 aliphatic heterocycles. The summed E-state index contributed by atoms with van der Waals surface area (Å²) in [5, 5.41) is 15.8. The highest BCUT2D eigenvalue weighted by atomic mass is 16.5. The summed E-state index contributed by atoms with van der Waals surface area (Å²) in [6, 6.07) is 19.4. The summed E-state index contributed by atoms with van der Waals surface area (Å²) in [6.07, 6.45) is 1.36. The van der Waals surface area contributed by atoms with Crippen molar-refractivity contribution >= 4 is 17.5 Å². The molecule has 0 saturated heterocycles. The van der Waals surface area contributed by atoms with Crippen LogP contribution in [0.25, 0.3) is 10.4 Å². The van der Waals surface area contributed by atoms with E-state index in [0.29, 0.717) is 47.1 Å². The number of benzene rings is 3. The third-order valence-electron chi connectivity index (χ3n) is 6.76. The van der Waals surface area contributed by atoms with E-state index in [1.165, 1.54) is 0 Å². The number of nitrogens with zero attached hydrogens (tertiary/aromatic N) is 4. The minimum absolute atomic E-state index is 0.0426. The molecule has 1 aliphatic rings. The van der Waals surface area contributed by atoms with Gasteiger partial charge in [0, 0.05) is 47.7 Å². The van der Waals surface area contributed by atoms with Crippen LogP contribution in [0.3, 0.4) is 0 Å². The quantitative estimate of drug-likeness (QED) is 0.0852. The molecule has 1 amide bonds. The topological polar surface area (TPSA) is 147 Å². The number of rotatable bonds is 14. The standard InChI is InChI=1S/C31H33N5O6/c1-4-16-31(30(38)33-20-21-10-15-26(39-2)27(19-21)40-3)28(24-8-5-6-9-25(24)35-36-32)42-29(34-31)22-11-13-23(14-12-22)41-18-7-17-37/h4-6,8-15,19,28,37H,1,7,16-18,20H2,2-3H3,(H,33,38)/t28-,31-/m1/s1. The first-order chi connectivity index (χ1) is 20.5. The van der Waals surface area contributed by atoms with Crippen molar-refractivity contribution in [3.8, 4) is 17.2 Å². The summed E-state index contributed by atoms with van der Waals surface area (Å²) in [6.45, 7) is 4.51. The Morgan fingerprint density at radius 3 is 2.62 bits per heavy atom. The van der Waals surface area contributed by atoms with Crippen molar-refractivity contribution in [2.24, 2.45) is 10.1 Å². The lowest BCUT2D eigenvalue weighted by atomic mass is 9.83. The number of aliphatic hydroxyl groups is 1. The third kappa shape index (κ3) is 6.49. The van der Waals surface area contributed by atoms with Gasteiger partial charge in [-0.2, -0.15) is 0 Å². The van der Waals surface area contributed by atoms with Crippen LogP contribution in [-0.4, -0.2) is 49.9 Å². The Bertz CT molecular complexity index is 1490. The zero-order valence-corrected chi connectivity index (χ0v) is 23.5. The summed E-state index contributed by atoms with van der Waals surface area (Å²) in [5.41, 5.74) is 10.0. The second-order valence-corrected chi connectivity index (χ2v) is 9.40. The average Bonchev–Trinajstić information content (AvgIpc) is 3.41. The van der Waals surface area contributed by atoms with Crippen molar-refractivity contribution in [1.29, 1.82) is 0 Å². The average molecular weight is 572 g/mol. The zero-order chi connectivity index (χ0) is 30.0. The van der Waals surface area contributed by atoms with Crippen LogP contribution in [0.1, 0.15) is 35.6 Å². The van der Waals surface area contributed by atoms with Crippen LogP contribution in [0, 0.1) is 0 Å². The normalized spacial score (nSPS) is 17.3. The number of methoxy groups -OCH3 is 2. The SMILES string of the molecule is C=CC[C@@]1(C(=O)NCc2ccc(OC)c(OC)c2)N=C(c2ccc(OCCCO)cc2)O[C@@H]1c1ccccc1N=[N+]=[N-]. The Kier molecular flexibility index (Phi) is 10.0. The van der Waals surface area contributed by atoms with Crippen LogP contribution in [0.5, 0.6) is 17.2 Å². The van der Waals surface area contributed by atoms with Crippen LogP contribution in [0.15, 0.2) is 89.5 Å². The van der Waals surface area contributed by atoms with Gasteiger partial charge in [0.1, 0.15) is 5.75 Å². The zero-order valence-electron chi connectivity index (χ0n) is 23.5. The second kappa shape index (κ2) is 14.1. The first-order valence-electron chi connectivity index (χ1n) is 13.3. The molecule has 2 atom stereocenters. The number of ether oxygens (including phenoxy) is 4. The molecule has 1 heterocycles. The molecule has 42 heavy (non-hydrogen) atoms. The van der Waals surface area contributed by atoms with Gasteiger partial charge in [0.25, 0.3) is 5.91 Å². The number of hydrogen-bond donors (Lipinski definition) is 2. The molecule has 2 N–H and O–H groups in total. The molecule has 3 aromatic carbocycles. The van der Waals surface area contributed by atoms with Gasteiger partial charge in [-0.25, -0.2) is 4.99 Å². The summed E-state index contributed by atoms with van der Waals surface area (Å²) in [7, 11) is 3.10. The maximum atomic E-state index is 14.1. The number of aliphatic hydroxyl groups excluding tert-OH is 1. The number of carbonyl (C=O) groups is 1. The summed E-state index contributed by atoms with van der Waals surface area (Å²) >= 11 is 0. The molecule has 0 unspecified atom stereocenters. The van der Waals surface area contributed by atoms with E-state index < -0.39 is 17.6 Å². The molecule has 11 heteroatoms. The number of aliphatic imine (C=N–C) groups is 1. The maximum absolute atomic E-state index is 14.1. The Hall–Kier alpha value is -4.99. The Morgan fingerprint density at radius 2 is 1.93 bits per heavy atom. The third-order valence-corrected chi connectivity index (χ3v) is 6.76. The van der Waals surface area contributed by atoms with Crippen molar-refractivity contribution in [2.75, 3.05) is 27.4 Å². The molecule has 11 nitrogen and oxygen atoms in total. The van der Waals surface area contributed by atoms with Crippen molar-refractivity contribution < 1.29 is 28.8 Å². The van der Waals surface area contributed by atoms with E-state index in [1.807, 2.05) is 6.07 Å². The van der Waals surface area contributed by atoms with E-state index >= 15 is 0 Å². The van der Waals surface area contributed by atoms with Gasteiger partial charge in [-0.15, -0.1) is 6.58 Å². The van der Waals surface area contributed by atoms with E-state index in [0.717, 1.165) is 5.56 Å². The van der Waals surface area contributed by atoms with E-state index in [9.17, 15) is 10.3 Å². The lowest BCUT2D eigenvalue weighted by Crippen LogP contribution is -2.47. The Morgan fingerprint density at radius 1 is 1.17 bits per heavy atom. The molecule has 4 rings (SSSR count). The van der Waals surface area contributed by atoms with E-state index in [-0.39, 0.29) is 25.5 Å². The first-order valence-corrected chi connectivity index (χ1v) is 13.3. The molecular formula is C31H33N5O6. The van der Waals surface area contributed by atoms with Gasteiger partial charge in [-0.1, -0.05) is 41.5 Å². The van der Waals surface area contributed by atoms with Crippen LogP contribution >= 0.6 is 0 Å². The molecule has 0 aliphatic carbocycles. The molecular weight excluding hydrogens is 538 g/mol. The second-order valence-electron chi connectivity index (χ2n) is 9.40. The van der Waals surface area contributed by atoms with Gasteiger partial charge < -0.3 is 29.4 Å². The van der Waals surface area contributed by atoms with Crippen molar-refractivity contribution in [3.05, 3.63) is 107 Å². The Balaban J connectivity index is 1.71. The Labute approximate surface area is 244 Å². The number of carbonyl (C=O) groups excluding carboxylic acids is 1. The smallest absolute Gasteiger partial charge is 0.252 e.